The van der Waals surface area contributed by atoms with Crippen molar-refractivity contribution in [2.75, 3.05) is 21.2 Å². The molecule has 0 aliphatic rings. The SMILES string of the molecule is COc1cc(C)cc(C)c1C(N(C)C)C(C)(C)O. The highest BCUT2D eigenvalue weighted by atomic mass is 16.5. The van der Waals surface area contributed by atoms with E-state index >= 15 is 0 Å². The third-order valence-corrected chi connectivity index (χ3v) is 3.17. The molecule has 0 amide bonds. The Balaban J connectivity index is 3.46. The van der Waals surface area contributed by atoms with Gasteiger partial charge < -0.3 is 9.84 Å². The van der Waals surface area contributed by atoms with Crippen LogP contribution in [0.1, 0.15) is 36.6 Å². The summed E-state index contributed by atoms with van der Waals surface area (Å²) < 4.78 is 5.50. The lowest BCUT2D eigenvalue weighted by atomic mass is 9.87. The zero-order valence-electron chi connectivity index (χ0n) is 12.5. The maximum absolute atomic E-state index is 10.4. The zero-order valence-corrected chi connectivity index (χ0v) is 12.5. The highest BCUT2D eigenvalue weighted by Gasteiger charge is 2.33. The summed E-state index contributed by atoms with van der Waals surface area (Å²) in [6.45, 7) is 7.77. The fourth-order valence-corrected chi connectivity index (χ4v) is 2.70. The Bertz CT molecular complexity index is 419. The van der Waals surface area contributed by atoms with Gasteiger partial charge in [0.15, 0.2) is 0 Å². The van der Waals surface area contributed by atoms with Crippen molar-refractivity contribution in [2.45, 2.75) is 39.3 Å². The van der Waals surface area contributed by atoms with Crippen LogP contribution in [0.25, 0.3) is 0 Å². The molecule has 0 saturated carbocycles. The topological polar surface area (TPSA) is 32.7 Å². The van der Waals surface area contributed by atoms with Crippen LogP contribution in [0.15, 0.2) is 12.1 Å². The van der Waals surface area contributed by atoms with Gasteiger partial charge in [-0.3, -0.25) is 4.90 Å². The van der Waals surface area contributed by atoms with Crippen LogP contribution in [0.5, 0.6) is 5.75 Å². The number of hydrogen-bond acceptors (Lipinski definition) is 3. The molecule has 1 N–H and O–H groups in total. The molecule has 18 heavy (non-hydrogen) atoms. The highest BCUT2D eigenvalue weighted by Crippen LogP contribution is 2.38. The van der Waals surface area contributed by atoms with Gasteiger partial charge in [0.25, 0.3) is 0 Å². The molecule has 0 aliphatic heterocycles. The summed E-state index contributed by atoms with van der Waals surface area (Å²) in [5, 5.41) is 10.4. The van der Waals surface area contributed by atoms with E-state index in [1.807, 2.05) is 45.8 Å². The van der Waals surface area contributed by atoms with Crippen molar-refractivity contribution < 1.29 is 9.84 Å². The first-order valence-electron chi connectivity index (χ1n) is 6.22. The number of aryl methyl sites for hydroxylation is 2. The van der Waals surface area contributed by atoms with E-state index < -0.39 is 5.60 Å². The van der Waals surface area contributed by atoms with Crippen LogP contribution in [0.4, 0.5) is 0 Å². The van der Waals surface area contributed by atoms with Crippen LogP contribution in [0.2, 0.25) is 0 Å². The Labute approximate surface area is 110 Å². The molecule has 1 aromatic rings. The van der Waals surface area contributed by atoms with E-state index in [2.05, 4.69) is 13.0 Å². The van der Waals surface area contributed by atoms with Gasteiger partial charge in [0, 0.05) is 5.56 Å². The minimum atomic E-state index is -0.837. The Morgan fingerprint density at radius 3 is 2.17 bits per heavy atom. The number of rotatable bonds is 4. The molecule has 3 heteroatoms. The fourth-order valence-electron chi connectivity index (χ4n) is 2.70. The Morgan fingerprint density at radius 2 is 1.78 bits per heavy atom. The first kappa shape index (κ1) is 15.0. The zero-order chi connectivity index (χ0) is 14.1. The average molecular weight is 251 g/mol. The number of hydrogen-bond donors (Lipinski definition) is 1. The smallest absolute Gasteiger partial charge is 0.124 e. The summed E-state index contributed by atoms with van der Waals surface area (Å²) in [6, 6.07) is 4.04. The van der Waals surface area contributed by atoms with Crippen molar-refractivity contribution in [1.29, 1.82) is 0 Å². The van der Waals surface area contributed by atoms with Gasteiger partial charge in [-0.05, 0) is 59.0 Å². The molecule has 0 aromatic heterocycles. The number of methoxy groups -OCH3 is 1. The van der Waals surface area contributed by atoms with Gasteiger partial charge in [-0.15, -0.1) is 0 Å². The van der Waals surface area contributed by atoms with Gasteiger partial charge in [0.2, 0.25) is 0 Å². The minimum Gasteiger partial charge on any atom is -0.496 e. The maximum Gasteiger partial charge on any atom is 0.124 e. The largest absolute Gasteiger partial charge is 0.496 e. The van der Waals surface area contributed by atoms with Crippen LogP contribution in [-0.2, 0) is 0 Å². The first-order chi connectivity index (χ1) is 8.18. The number of ether oxygens (including phenoxy) is 1. The molecule has 3 nitrogen and oxygen atoms in total. The van der Waals surface area contributed by atoms with E-state index in [9.17, 15) is 5.11 Å². The van der Waals surface area contributed by atoms with E-state index in [4.69, 9.17) is 4.74 Å². The Hall–Kier alpha value is -1.06. The standard InChI is InChI=1S/C15H25NO2/c1-10-8-11(2)13(12(9-10)18-7)14(16(5)6)15(3,4)17/h8-9,14,17H,1-7H3. The molecule has 0 spiro atoms. The molecule has 0 bridgehead atoms. The molecule has 0 fully saturated rings. The summed E-state index contributed by atoms with van der Waals surface area (Å²) in [5.74, 6) is 0.841. The molecule has 1 unspecified atom stereocenters. The fraction of sp³-hybridized carbons (Fsp3) is 0.600. The van der Waals surface area contributed by atoms with Crippen LogP contribution < -0.4 is 4.74 Å². The molecule has 0 saturated heterocycles. The van der Waals surface area contributed by atoms with Gasteiger partial charge in [-0.2, -0.15) is 0 Å². The average Bonchev–Trinajstić information content (AvgIpc) is 2.18. The van der Waals surface area contributed by atoms with Crippen LogP contribution in [0.3, 0.4) is 0 Å². The monoisotopic (exact) mass is 251 g/mol. The predicted octanol–water partition coefficient (Wildman–Crippen LogP) is 2.69. The predicted molar refractivity (Wildman–Crippen MR) is 75.2 cm³/mol. The third-order valence-electron chi connectivity index (χ3n) is 3.17. The van der Waals surface area contributed by atoms with Crippen molar-refractivity contribution in [3.8, 4) is 5.75 Å². The van der Waals surface area contributed by atoms with E-state index in [1.54, 1.807) is 7.11 Å². The van der Waals surface area contributed by atoms with Crippen molar-refractivity contribution in [2.24, 2.45) is 0 Å². The summed E-state index contributed by atoms with van der Waals surface area (Å²) in [7, 11) is 5.62. The number of likely N-dealkylation sites (N-methyl/N-ethyl adjacent to an activating group) is 1. The second kappa shape index (κ2) is 5.29. The Morgan fingerprint density at radius 1 is 1.22 bits per heavy atom. The molecule has 0 radical (unpaired) electrons. The lowest BCUT2D eigenvalue weighted by Crippen LogP contribution is -2.39. The number of aliphatic hydroxyl groups is 1. The minimum absolute atomic E-state index is 0.104. The number of nitrogens with zero attached hydrogens (tertiary/aromatic N) is 1. The summed E-state index contributed by atoms with van der Waals surface area (Å²) in [5.41, 5.74) is 2.53. The van der Waals surface area contributed by atoms with Crippen molar-refractivity contribution in [3.63, 3.8) is 0 Å². The van der Waals surface area contributed by atoms with Crippen LogP contribution >= 0.6 is 0 Å². The van der Waals surface area contributed by atoms with Crippen molar-refractivity contribution >= 4 is 0 Å². The highest BCUT2D eigenvalue weighted by molar-refractivity contribution is 5.46. The summed E-state index contributed by atoms with van der Waals surface area (Å²) in [6.07, 6.45) is 0. The second-order valence-corrected chi connectivity index (χ2v) is 5.72. The molecule has 0 heterocycles. The lowest BCUT2D eigenvalue weighted by Gasteiger charge is -2.36. The third kappa shape index (κ3) is 3.03. The van der Waals surface area contributed by atoms with Gasteiger partial charge in [0.1, 0.15) is 5.75 Å². The van der Waals surface area contributed by atoms with Crippen molar-refractivity contribution in [1.82, 2.24) is 4.90 Å². The van der Waals surface area contributed by atoms with Gasteiger partial charge >= 0.3 is 0 Å². The van der Waals surface area contributed by atoms with Crippen LogP contribution in [-0.4, -0.2) is 36.8 Å². The lowest BCUT2D eigenvalue weighted by molar-refractivity contribution is -0.00439. The van der Waals surface area contributed by atoms with Gasteiger partial charge in [-0.1, -0.05) is 6.07 Å². The van der Waals surface area contributed by atoms with Gasteiger partial charge in [0.05, 0.1) is 18.8 Å². The number of benzene rings is 1. The van der Waals surface area contributed by atoms with Crippen molar-refractivity contribution in [3.05, 3.63) is 28.8 Å². The second-order valence-electron chi connectivity index (χ2n) is 5.72. The van der Waals surface area contributed by atoms with E-state index in [0.717, 1.165) is 16.9 Å². The molecular formula is C15H25NO2. The Kier molecular flexibility index (Phi) is 4.41. The molecule has 1 atom stereocenters. The molecular weight excluding hydrogens is 226 g/mol. The quantitative estimate of drug-likeness (QED) is 0.893. The van der Waals surface area contributed by atoms with E-state index in [1.165, 1.54) is 5.56 Å². The molecule has 102 valence electrons. The normalized spacial score (nSPS) is 13.8. The summed E-state index contributed by atoms with van der Waals surface area (Å²) in [4.78, 5) is 2.03. The maximum atomic E-state index is 10.4. The first-order valence-corrected chi connectivity index (χ1v) is 6.22. The molecule has 1 rings (SSSR count). The van der Waals surface area contributed by atoms with E-state index in [-0.39, 0.29) is 6.04 Å². The van der Waals surface area contributed by atoms with E-state index in [0.29, 0.717) is 0 Å². The van der Waals surface area contributed by atoms with Gasteiger partial charge in [-0.25, -0.2) is 0 Å². The molecule has 1 aromatic carbocycles. The molecule has 0 aliphatic carbocycles. The van der Waals surface area contributed by atoms with Crippen LogP contribution in [0, 0.1) is 13.8 Å². The summed E-state index contributed by atoms with van der Waals surface area (Å²) >= 11 is 0.